The standard InChI is InChI=1S/C18H22N2/c1-13(2)19-15(4)20(16-10-6-5-9-14(16)3)18-12-8-7-11-17(18)19/h5-13,15H,1-4H3/p+1. The second kappa shape index (κ2) is 4.95. The zero-order chi connectivity index (χ0) is 14.3. The quantitative estimate of drug-likeness (QED) is 0.876. The Morgan fingerprint density at radius 3 is 2.20 bits per heavy atom. The number of fused-ring (bicyclic) bond motifs is 1. The fourth-order valence-corrected chi connectivity index (χ4v) is 3.47. The molecule has 1 N–H and O–H groups in total. The molecule has 2 heteroatoms. The summed E-state index contributed by atoms with van der Waals surface area (Å²) < 4.78 is 0. The highest BCUT2D eigenvalue weighted by molar-refractivity contribution is 5.76. The summed E-state index contributed by atoms with van der Waals surface area (Å²) in [5.41, 5.74) is 5.42. The predicted octanol–water partition coefficient (Wildman–Crippen LogP) is 3.42. The molecule has 0 saturated carbocycles. The van der Waals surface area contributed by atoms with Crippen molar-refractivity contribution in [1.29, 1.82) is 0 Å². The fourth-order valence-electron chi connectivity index (χ4n) is 3.47. The zero-order valence-electron chi connectivity index (χ0n) is 12.7. The van der Waals surface area contributed by atoms with Gasteiger partial charge in [0.15, 0.2) is 11.9 Å². The van der Waals surface area contributed by atoms with Crippen LogP contribution in [0, 0.1) is 6.92 Å². The Morgan fingerprint density at radius 2 is 1.55 bits per heavy atom. The van der Waals surface area contributed by atoms with Crippen molar-refractivity contribution in [3.05, 3.63) is 54.1 Å². The van der Waals surface area contributed by atoms with E-state index in [1.54, 1.807) is 4.90 Å². The van der Waals surface area contributed by atoms with Gasteiger partial charge in [-0.2, -0.15) is 0 Å². The molecule has 0 aromatic heterocycles. The van der Waals surface area contributed by atoms with Gasteiger partial charge in [0.1, 0.15) is 5.69 Å². The highest BCUT2D eigenvalue weighted by Gasteiger charge is 2.40. The molecule has 20 heavy (non-hydrogen) atoms. The first-order chi connectivity index (χ1) is 9.61. The molecule has 0 aliphatic carbocycles. The van der Waals surface area contributed by atoms with E-state index in [9.17, 15) is 0 Å². The fraction of sp³-hybridized carbons (Fsp3) is 0.333. The molecule has 2 nitrogen and oxygen atoms in total. The molecule has 1 aliphatic heterocycles. The lowest BCUT2D eigenvalue weighted by atomic mass is 10.1. The summed E-state index contributed by atoms with van der Waals surface area (Å²) in [5, 5.41) is 0. The highest BCUT2D eigenvalue weighted by Crippen LogP contribution is 2.37. The van der Waals surface area contributed by atoms with Crippen LogP contribution in [0.1, 0.15) is 26.3 Å². The molecule has 0 bridgehead atoms. The lowest BCUT2D eigenvalue weighted by Crippen LogP contribution is -3.13. The van der Waals surface area contributed by atoms with Crippen LogP contribution < -0.4 is 9.80 Å². The lowest BCUT2D eigenvalue weighted by Gasteiger charge is -2.28. The molecule has 0 fully saturated rings. The number of quaternary nitrogens is 1. The van der Waals surface area contributed by atoms with Crippen molar-refractivity contribution in [1.82, 2.24) is 0 Å². The Morgan fingerprint density at radius 1 is 0.950 bits per heavy atom. The molecule has 2 aromatic carbocycles. The smallest absolute Gasteiger partial charge is 0.169 e. The van der Waals surface area contributed by atoms with Crippen molar-refractivity contribution in [3.8, 4) is 0 Å². The number of hydrogen-bond acceptors (Lipinski definition) is 1. The van der Waals surface area contributed by atoms with Gasteiger partial charge in [0.25, 0.3) is 0 Å². The van der Waals surface area contributed by atoms with Gasteiger partial charge in [-0.15, -0.1) is 0 Å². The van der Waals surface area contributed by atoms with E-state index in [-0.39, 0.29) is 0 Å². The minimum Gasteiger partial charge on any atom is -0.286 e. The van der Waals surface area contributed by atoms with E-state index >= 15 is 0 Å². The molecular formula is C18H23N2+. The van der Waals surface area contributed by atoms with E-state index < -0.39 is 0 Å². The largest absolute Gasteiger partial charge is 0.286 e. The van der Waals surface area contributed by atoms with E-state index in [1.807, 2.05) is 0 Å². The summed E-state index contributed by atoms with van der Waals surface area (Å²) in [6.07, 6.45) is 0.425. The number of para-hydroxylation sites is 3. The van der Waals surface area contributed by atoms with Crippen molar-refractivity contribution < 1.29 is 4.90 Å². The van der Waals surface area contributed by atoms with E-state index in [4.69, 9.17) is 0 Å². The number of anilines is 2. The molecule has 0 spiro atoms. The second-order valence-electron chi connectivity index (χ2n) is 5.96. The van der Waals surface area contributed by atoms with Crippen LogP contribution in [0.5, 0.6) is 0 Å². The molecule has 3 rings (SSSR count). The van der Waals surface area contributed by atoms with Crippen LogP contribution in [0.2, 0.25) is 0 Å². The highest BCUT2D eigenvalue weighted by atomic mass is 15.4. The first kappa shape index (κ1) is 13.2. The van der Waals surface area contributed by atoms with Gasteiger partial charge in [-0.1, -0.05) is 30.3 Å². The predicted molar refractivity (Wildman–Crippen MR) is 85.0 cm³/mol. The number of aryl methyl sites for hydroxylation is 1. The topological polar surface area (TPSA) is 7.68 Å². The number of nitrogens with one attached hydrogen (secondary N) is 1. The Labute approximate surface area is 121 Å². The number of benzene rings is 2. The molecule has 2 atom stereocenters. The van der Waals surface area contributed by atoms with E-state index in [0.29, 0.717) is 12.2 Å². The van der Waals surface area contributed by atoms with Gasteiger partial charge in [-0.25, -0.2) is 0 Å². The molecule has 104 valence electrons. The zero-order valence-corrected chi connectivity index (χ0v) is 12.7. The minimum absolute atomic E-state index is 0.425. The third-order valence-electron chi connectivity index (χ3n) is 4.31. The first-order valence-electron chi connectivity index (χ1n) is 7.42. The summed E-state index contributed by atoms with van der Waals surface area (Å²) in [6.45, 7) is 9.10. The van der Waals surface area contributed by atoms with Crippen molar-refractivity contribution in [2.75, 3.05) is 4.90 Å². The van der Waals surface area contributed by atoms with Crippen molar-refractivity contribution in [2.24, 2.45) is 0 Å². The van der Waals surface area contributed by atoms with Gasteiger partial charge in [-0.05, 0) is 38.5 Å². The van der Waals surface area contributed by atoms with Gasteiger partial charge in [-0.3, -0.25) is 9.80 Å². The third kappa shape index (κ3) is 1.92. The van der Waals surface area contributed by atoms with E-state index in [2.05, 4.69) is 81.1 Å². The maximum atomic E-state index is 2.49. The van der Waals surface area contributed by atoms with Crippen molar-refractivity contribution in [2.45, 2.75) is 39.9 Å². The molecule has 1 heterocycles. The maximum Gasteiger partial charge on any atom is 0.169 e. The van der Waals surface area contributed by atoms with Crippen molar-refractivity contribution in [3.63, 3.8) is 0 Å². The molecular weight excluding hydrogens is 244 g/mol. The van der Waals surface area contributed by atoms with Crippen LogP contribution in [0.3, 0.4) is 0 Å². The van der Waals surface area contributed by atoms with E-state index in [0.717, 1.165) is 0 Å². The van der Waals surface area contributed by atoms with Gasteiger partial charge < -0.3 is 0 Å². The third-order valence-corrected chi connectivity index (χ3v) is 4.31. The van der Waals surface area contributed by atoms with Crippen LogP contribution >= 0.6 is 0 Å². The van der Waals surface area contributed by atoms with Crippen LogP contribution in [0.4, 0.5) is 17.1 Å². The Kier molecular flexibility index (Phi) is 3.27. The number of rotatable bonds is 2. The Hall–Kier alpha value is -1.80. The molecule has 0 amide bonds. The normalized spacial score (nSPS) is 21.4. The summed E-state index contributed by atoms with van der Waals surface area (Å²) in [4.78, 5) is 4.03. The average Bonchev–Trinajstić information content (AvgIpc) is 2.71. The summed E-state index contributed by atoms with van der Waals surface area (Å²) >= 11 is 0. The lowest BCUT2D eigenvalue weighted by molar-refractivity contribution is -0.873. The van der Waals surface area contributed by atoms with Gasteiger partial charge in [0.05, 0.1) is 6.04 Å². The van der Waals surface area contributed by atoms with Gasteiger partial charge >= 0.3 is 0 Å². The average molecular weight is 267 g/mol. The van der Waals surface area contributed by atoms with Crippen molar-refractivity contribution >= 4 is 17.1 Å². The monoisotopic (exact) mass is 267 g/mol. The Balaban J connectivity index is 2.16. The molecule has 2 aromatic rings. The van der Waals surface area contributed by atoms with Crippen LogP contribution in [0.15, 0.2) is 48.5 Å². The van der Waals surface area contributed by atoms with E-state index in [1.165, 1.54) is 22.6 Å². The molecule has 0 radical (unpaired) electrons. The number of hydrogen-bond donors (Lipinski definition) is 1. The van der Waals surface area contributed by atoms with Gasteiger partial charge in [0.2, 0.25) is 0 Å². The first-order valence-corrected chi connectivity index (χ1v) is 7.42. The summed E-state index contributed by atoms with van der Waals surface area (Å²) in [6, 6.07) is 18.0. The molecule has 2 unspecified atom stereocenters. The molecule has 0 saturated heterocycles. The Bertz CT molecular complexity index is 618. The summed E-state index contributed by atoms with van der Waals surface area (Å²) in [7, 11) is 0. The van der Waals surface area contributed by atoms with Crippen LogP contribution in [-0.4, -0.2) is 12.2 Å². The summed E-state index contributed by atoms with van der Waals surface area (Å²) in [5.74, 6) is 0. The SMILES string of the molecule is Cc1ccccc1N1c2ccccc2[NH+](C(C)C)C1C. The van der Waals surface area contributed by atoms with Gasteiger partial charge in [0, 0.05) is 18.7 Å². The second-order valence-corrected chi connectivity index (χ2v) is 5.96. The van der Waals surface area contributed by atoms with Crippen LogP contribution in [-0.2, 0) is 0 Å². The minimum atomic E-state index is 0.425. The molecule has 1 aliphatic rings. The maximum absolute atomic E-state index is 2.49. The number of nitrogens with zero attached hydrogens (tertiary/aromatic N) is 1. The van der Waals surface area contributed by atoms with Crippen LogP contribution in [0.25, 0.3) is 0 Å².